The highest BCUT2D eigenvalue weighted by Crippen LogP contribution is 2.27. The highest BCUT2D eigenvalue weighted by Gasteiger charge is 2.15. The third-order valence-electron chi connectivity index (χ3n) is 3.14. The molecule has 3 heteroatoms. The van der Waals surface area contributed by atoms with Gasteiger partial charge in [0.05, 0.1) is 11.8 Å². The van der Waals surface area contributed by atoms with E-state index in [2.05, 4.69) is 4.98 Å². The number of aliphatic hydroxyl groups is 1. The van der Waals surface area contributed by atoms with Crippen LogP contribution in [0.15, 0.2) is 53.3 Å². The Morgan fingerprint density at radius 2 is 2.11 bits per heavy atom. The monoisotopic (exact) mass is 239 g/mol. The summed E-state index contributed by atoms with van der Waals surface area (Å²) in [4.78, 5) is 4.29. The summed E-state index contributed by atoms with van der Waals surface area (Å²) in [5.74, 6) is 0.739. The Morgan fingerprint density at radius 3 is 2.89 bits per heavy atom. The zero-order valence-corrected chi connectivity index (χ0v) is 10.00. The minimum atomic E-state index is -0.671. The zero-order valence-electron chi connectivity index (χ0n) is 10.00. The van der Waals surface area contributed by atoms with E-state index >= 15 is 0 Å². The molecule has 0 radical (unpaired) electrons. The summed E-state index contributed by atoms with van der Waals surface area (Å²) in [7, 11) is 0. The van der Waals surface area contributed by atoms with E-state index in [9.17, 15) is 5.11 Å². The van der Waals surface area contributed by atoms with Crippen molar-refractivity contribution in [1.82, 2.24) is 4.98 Å². The third kappa shape index (κ3) is 1.79. The summed E-state index contributed by atoms with van der Waals surface area (Å²) in [6, 6.07) is 11.5. The smallest absolute Gasteiger partial charge is 0.107 e. The summed E-state index contributed by atoms with van der Waals surface area (Å²) >= 11 is 0. The second kappa shape index (κ2) is 4.27. The number of benzene rings is 1. The van der Waals surface area contributed by atoms with Crippen molar-refractivity contribution in [3.63, 3.8) is 0 Å². The van der Waals surface area contributed by atoms with E-state index in [1.807, 2.05) is 37.3 Å². The topological polar surface area (TPSA) is 46.3 Å². The molecule has 1 atom stereocenters. The minimum Gasteiger partial charge on any atom is -0.469 e. The Labute approximate surface area is 105 Å². The van der Waals surface area contributed by atoms with Gasteiger partial charge in [-0.05, 0) is 30.7 Å². The average Bonchev–Trinajstić information content (AvgIpc) is 2.83. The van der Waals surface area contributed by atoms with Gasteiger partial charge in [-0.25, -0.2) is 0 Å². The molecule has 0 aliphatic rings. The number of rotatable bonds is 2. The Bertz CT molecular complexity index is 688. The van der Waals surface area contributed by atoms with Crippen LogP contribution in [-0.2, 0) is 0 Å². The van der Waals surface area contributed by atoms with Gasteiger partial charge in [-0.2, -0.15) is 0 Å². The van der Waals surface area contributed by atoms with E-state index in [0.717, 1.165) is 27.8 Å². The highest BCUT2D eigenvalue weighted by molar-refractivity contribution is 5.79. The van der Waals surface area contributed by atoms with Gasteiger partial charge >= 0.3 is 0 Å². The fourth-order valence-corrected chi connectivity index (χ4v) is 2.11. The molecule has 1 unspecified atom stereocenters. The highest BCUT2D eigenvalue weighted by atomic mass is 16.3. The van der Waals surface area contributed by atoms with Crippen LogP contribution in [0.5, 0.6) is 0 Å². The predicted octanol–water partition coefficient (Wildman–Crippen LogP) is 3.22. The molecule has 0 aliphatic heterocycles. The Morgan fingerprint density at radius 1 is 1.22 bits per heavy atom. The molecule has 2 aromatic heterocycles. The van der Waals surface area contributed by atoms with Gasteiger partial charge in [-0.15, -0.1) is 0 Å². The molecule has 2 heterocycles. The maximum Gasteiger partial charge on any atom is 0.107 e. The van der Waals surface area contributed by atoms with Gasteiger partial charge in [0.25, 0.3) is 0 Å². The molecular formula is C15H13NO2. The van der Waals surface area contributed by atoms with Gasteiger partial charge < -0.3 is 9.52 Å². The number of hydrogen-bond acceptors (Lipinski definition) is 3. The van der Waals surface area contributed by atoms with Crippen LogP contribution >= 0.6 is 0 Å². The van der Waals surface area contributed by atoms with Crippen molar-refractivity contribution in [2.24, 2.45) is 0 Å². The van der Waals surface area contributed by atoms with E-state index in [-0.39, 0.29) is 0 Å². The predicted molar refractivity (Wildman–Crippen MR) is 69.2 cm³/mol. The van der Waals surface area contributed by atoms with E-state index in [0.29, 0.717) is 0 Å². The summed E-state index contributed by atoms with van der Waals surface area (Å²) < 4.78 is 5.22. The largest absolute Gasteiger partial charge is 0.469 e. The van der Waals surface area contributed by atoms with Gasteiger partial charge in [0, 0.05) is 17.1 Å². The SMILES string of the molecule is Cc1occc1C(O)c1ccc2cccnc2c1. The second-order valence-electron chi connectivity index (χ2n) is 4.29. The molecule has 0 aliphatic carbocycles. The lowest BCUT2D eigenvalue weighted by atomic mass is 10.0. The van der Waals surface area contributed by atoms with Gasteiger partial charge in [0.2, 0.25) is 0 Å². The summed E-state index contributed by atoms with van der Waals surface area (Å²) in [5.41, 5.74) is 2.51. The molecule has 3 nitrogen and oxygen atoms in total. The number of aryl methyl sites for hydroxylation is 1. The van der Waals surface area contributed by atoms with Crippen LogP contribution in [0.2, 0.25) is 0 Å². The molecule has 3 aromatic rings. The van der Waals surface area contributed by atoms with Crippen molar-refractivity contribution < 1.29 is 9.52 Å². The number of hydrogen-bond donors (Lipinski definition) is 1. The van der Waals surface area contributed by atoms with E-state index in [4.69, 9.17) is 4.42 Å². The first-order chi connectivity index (χ1) is 8.75. The van der Waals surface area contributed by atoms with Crippen LogP contribution in [0.25, 0.3) is 10.9 Å². The molecule has 3 rings (SSSR count). The number of fused-ring (bicyclic) bond motifs is 1. The molecule has 1 N–H and O–H groups in total. The zero-order chi connectivity index (χ0) is 12.5. The van der Waals surface area contributed by atoms with Gasteiger partial charge in [0.1, 0.15) is 11.9 Å². The van der Waals surface area contributed by atoms with Crippen LogP contribution < -0.4 is 0 Å². The van der Waals surface area contributed by atoms with Crippen LogP contribution in [0, 0.1) is 6.92 Å². The number of furan rings is 1. The lowest BCUT2D eigenvalue weighted by molar-refractivity contribution is 0.218. The fraction of sp³-hybridized carbons (Fsp3) is 0.133. The van der Waals surface area contributed by atoms with Crippen molar-refractivity contribution >= 4 is 10.9 Å². The molecule has 0 bridgehead atoms. The summed E-state index contributed by atoms with van der Waals surface area (Å²) in [6.45, 7) is 1.85. The molecular weight excluding hydrogens is 226 g/mol. The lowest BCUT2D eigenvalue weighted by Crippen LogP contribution is -1.99. The number of pyridine rings is 1. The molecule has 18 heavy (non-hydrogen) atoms. The first kappa shape index (κ1) is 11.0. The number of aliphatic hydroxyl groups excluding tert-OH is 1. The standard InChI is InChI=1S/C15H13NO2/c1-10-13(6-8-18-10)15(17)12-5-4-11-3-2-7-16-14(11)9-12/h2-9,15,17H,1H3. The minimum absolute atomic E-state index is 0.671. The quantitative estimate of drug-likeness (QED) is 0.746. The first-order valence-electron chi connectivity index (χ1n) is 5.82. The molecule has 0 amide bonds. The number of aromatic nitrogens is 1. The molecule has 90 valence electrons. The maximum absolute atomic E-state index is 10.3. The average molecular weight is 239 g/mol. The molecule has 0 saturated heterocycles. The summed E-state index contributed by atoms with van der Waals surface area (Å²) in [6.07, 6.45) is 2.67. The molecule has 0 fully saturated rings. The Balaban J connectivity index is 2.07. The molecule has 0 saturated carbocycles. The van der Waals surface area contributed by atoms with Gasteiger partial charge in [-0.3, -0.25) is 4.98 Å². The lowest BCUT2D eigenvalue weighted by Gasteiger charge is -2.10. The molecule has 1 aromatic carbocycles. The van der Waals surface area contributed by atoms with E-state index in [1.165, 1.54) is 0 Å². The van der Waals surface area contributed by atoms with Crippen LogP contribution in [0.4, 0.5) is 0 Å². The summed E-state index contributed by atoms with van der Waals surface area (Å²) in [5, 5.41) is 11.4. The van der Waals surface area contributed by atoms with Crippen LogP contribution in [-0.4, -0.2) is 10.1 Å². The van der Waals surface area contributed by atoms with E-state index < -0.39 is 6.10 Å². The Hall–Kier alpha value is -2.13. The second-order valence-corrected chi connectivity index (χ2v) is 4.29. The third-order valence-corrected chi connectivity index (χ3v) is 3.14. The van der Waals surface area contributed by atoms with Crippen molar-refractivity contribution in [3.05, 3.63) is 65.7 Å². The van der Waals surface area contributed by atoms with Crippen molar-refractivity contribution in [1.29, 1.82) is 0 Å². The number of nitrogens with zero attached hydrogens (tertiary/aromatic N) is 1. The normalized spacial score (nSPS) is 12.8. The first-order valence-corrected chi connectivity index (χ1v) is 5.82. The van der Waals surface area contributed by atoms with Gasteiger partial charge in [-0.1, -0.05) is 18.2 Å². The fourth-order valence-electron chi connectivity index (χ4n) is 2.11. The van der Waals surface area contributed by atoms with Crippen molar-refractivity contribution in [3.8, 4) is 0 Å². The van der Waals surface area contributed by atoms with Crippen LogP contribution in [0.3, 0.4) is 0 Å². The van der Waals surface area contributed by atoms with Crippen molar-refractivity contribution in [2.75, 3.05) is 0 Å². The maximum atomic E-state index is 10.3. The molecule has 0 spiro atoms. The Kier molecular flexibility index (Phi) is 2.61. The van der Waals surface area contributed by atoms with E-state index in [1.54, 1.807) is 18.5 Å². The van der Waals surface area contributed by atoms with Crippen molar-refractivity contribution in [2.45, 2.75) is 13.0 Å². The van der Waals surface area contributed by atoms with Gasteiger partial charge in [0.15, 0.2) is 0 Å². The van der Waals surface area contributed by atoms with Crippen LogP contribution in [0.1, 0.15) is 23.0 Å².